The highest BCUT2D eigenvalue weighted by Gasteiger charge is 2.41. The number of halogens is 1. The number of aromatic hydroxyl groups is 1. The number of benzene rings is 1. The van der Waals surface area contributed by atoms with Crippen LogP contribution < -0.4 is 10.1 Å². The maximum Gasteiger partial charge on any atom is 0.254 e. The monoisotopic (exact) mass is 344 g/mol. The van der Waals surface area contributed by atoms with Crippen molar-refractivity contribution in [1.82, 2.24) is 10.2 Å². The summed E-state index contributed by atoms with van der Waals surface area (Å²) in [7, 11) is 4.85. The van der Waals surface area contributed by atoms with Gasteiger partial charge in [-0.2, -0.15) is 0 Å². The van der Waals surface area contributed by atoms with Gasteiger partial charge in [0.05, 0.1) is 7.11 Å². The smallest absolute Gasteiger partial charge is 0.254 e. The number of likely N-dealkylation sites (N-methyl/N-ethyl adjacent to an activating group) is 1. The molecule has 130 valence electrons. The number of nitrogens with zero attached hydrogens (tertiary/aromatic N) is 1. The standard InChI is InChI=1S/C16H24N2O4.ClH/c1-18(11-12-4-5-14(21-2)13(19)10-12)15(20)16(22-3)6-8-17-9-7-16;/h4-5,10,17,19H,6-9,11H2,1-3H3;1H. The minimum absolute atomic E-state index is 0. The third-order valence-electron chi connectivity index (χ3n) is 4.20. The first-order valence-electron chi connectivity index (χ1n) is 7.40. The summed E-state index contributed by atoms with van der Waals surface area (Å²) in [6, 6.07) is 5.15. The summed E-state index contributed by atoms with van der Waals surface area (Å²) in [4.78, 5) is 14.4. The fourth-order valence-corrected chi connectivity index (χ4v) is 2.86. The normalized spacial score (nSPS) is 16.3. The van der Waals surface area contributed by atoms with Gasteiger partial charge in [0.25, 0.3) is 5.91 Å². The zero-order valence-electron chi connectivity index (χ0n) is 13.8. The van der Waals surface area contributed by atoms with Gasteiger partial charge < -0.3 is 24.8 Å². The second-order valence-electron chi connectivity index (χ2n) is 5.62. The fourth-order valence-electron chi connectivity index (χ4n) is 2.86. The highest BCUT2D eigenvalue weighted by atomic mass is 35.5. The molecular formula is C16H25ClN2O4. The number of amides is 1. The molecule has 6 nitrogen and oxygen atoms in total. The number of rotatable bonds is 5. The zero-order valence-corrected chi connectivity index (χ0v) is 14.6. The van der Waals surface area contributed by atoms with E-state index in [1.807, 2.05) is 6.07 Å². The minimum Gasteiger partial charge on any atom is -0.504 e. The number of piperidine rings is 1. The maximum atomic E-state index is 12.7. The van der Waals surface area contributed by atoms with Gasteiger partial charge in [-0.05, 0) is 43.6 Å². The van der Waals surface area contributed by atoms with Crippen molar-refractivity contribution >= 4 is 18.3 Å². The molecule has 1 aromatic rings. The van der Waals surface area contributed by atoms with E-state index in [0.717, 1.165) is 18.7 Å². The third-order valence-corrected chi connectivity index (χ3v) is 4.20. The van der Waals surface area contributed by atoms with Crippen molar-refractivity contribution in [2.45, 2.75) is 25.0 Å². The van der Waals surface area contributed by atoms with Crippen molar-refractivity contribution in [3.8, 4) is 11.5 Å². The van der Waals surface area contributed by atoms with Crippen molar-refractivity contribution in [2.24, 2.45) is 0 Å². The van der Waals surface area contributed by atoms with Crippen LogP contribution >= 0.6 is 12.4 Å². The van der Waals surface area contributed by atoms with Crippen LogP contribution in [-0.4, -0.2) is 55.9 Å². The molecule has 1 aliphatic rings. The minimum atomic E-state index is -0.742. The molecule has 1 saturated heterocycles. The molecule has 1 fully saturated rings. The summed E-state index contributed by atoms with van der Waals surface area (Å²) < 4.78 is 10.6. The van der Waals surface area contributed by atoms with E-state index in [1.54, 1.807) is 31.2 Å². The first-order valence-corrected chi connectivity index (χ1v) is 7.40. The molecule has 0 spiro atoms. The summed E-state index contributed by atoms with van der Waals surface area (Å²) in [6.07, 6.45) is 1.33. The topological polar surface area (TPSA) is 71.0 Å². The van der Waals surface area contributed by atoms with Gasteiger partial charge in [0.1, 0.15) is 5.60 Å². The lowest BCUT2D eigenvalue weighted by Crippen LogP contribution is -2.54. The first-order chi connectivity index (χ1) is 10.5. The van der Waals surface area contributed by atoms with Gasteiger partial charge in [0.2, 0.25) is 0 Å². The van der Waals surface area contributed by atoms with Gasteiger partial charge >= 0.3 is 0 Å². The van der Waals surface area contributed by atoms with Gasteiger partial charge in [-0.15, -0.1) is 12.4 Å². The Morgan fingerprint density at radius 2 is 2.00 bits per heavy atom. The lowest BCUT2D eigenvalue weighted by Gasteiger charge is -2.37. The van der Waals surface area contributed by atoms with Crippen LogP contribution in [0.3, 0.4) is 0 Å². The Labute approximate surface area is 143 Å². The number of methoxy groups -OCH3 is 2. The Morgan fingerprint density at radius 1 is 1.35 bits per heavy atom. The van der Waals surface area contributed by atoms with Gasteiger partial charge in [0, 0.05) is 20.7 Å². The first kappa shape index (κ1) is 19.5. The molecule has 0 bridgehead atoms. The van der Waals surface area contributed by atoms with E-state index in [1.165, 1.54) is 7.11 Å². The van der Waals surface area contributed by atoms with E-state index in [4.69, 9.17) is 9.47 Å². The van der Waals surface area contributed by atoms with Crippen LogP contribution in [0.2, 0.25) is 0 Å². The largest absolute Gasteiger partial charge is 0.504 e. The molecule has 0 aromatic heterocycles. The molecule has 23 heavy (non-hydrogen) atoms. The van der Waals surface area contributed by atoms with Crippen LogP contribution in [0.5, 0.6) is 11.5 Å². The van der Waals surface area contributed by atoms with Crippen molar-refractivity contribution in [3.05, 3.63) is 23.8 Å². The number of hydrogen-bond donors (Lipinski definition) is 2. The predicted molar refractivity (Wildman–Crippen MR) is 90.2 cm³/mol. The van der Waals surface area contributed by atoms with E-state index in [9.17, 15) is 9.90 Å². The molecule has 1 aliphatic heterocycles. The van der Waals surface area contributed by atoms with Crippen LogP contribution in [0, 0.1) is 0 Å². The highest BCUT2D eigenvalue weighted by Crippen LogP contribution is 2.28. The van der Waals surface area contributed by atoms with Gasteiger partial charge in [-0.3, -0.25) is 4.79 Å². The average molecular weight is 345 g/mol. The number of phenols is 1. The summed E-state index contributed by atoms with van der Waals surface area (Å²) in [5.41, 5.74) is 0.100. The summed E-state index contributed by atoms with van der Waals surface area (Å²) in [6.45, 7) is 1.96. The Bertz CT molecular complexity index is 533. The number of ether oxygens (including phenoxy) is 2. The van der Waals surface area contributed by atoms with Crippen molar-refractivity contribution in [1.29, 1.82) is 0 Å². The van der Waals surface area contributed by atoms with Crippen molar-refractivity contribution < 1.29 is 19.4 Å². The van der Waals surface area contributed by atoms with Crippen LogP contribution in [-0.2, 0) is 16.1 Å². The SMILES string of the molecule is COc1ccc(CN(C)C(=O)C2(OC)CCNCC2)cc1O.Cl. The molecule has 0 saturated carbocycles. The average Bonchev–Trinajstić information content (AvgIpc) is 2.55. The number of phenolic OH excluding ortho intramolecular Hbond substituents is 1. The summed E-state index contributed by atoms with van der Waals surface area (Å²) in [5, 5.41) is 13.1. The number of hydrogen-bond acceptors (Lipinski definition) is 5. The van der Waals surface area contributed by atoms with Crippen molar-refractivity contribution in [2.75, 3.05) is 34.4 Å². The Hall–Kier alpha value is -1.50. The maximum absolute atomic E-state index is 12.7. The Kier molecular flexibility index (Phi) is 7.12. The van der Waals surface area contributed by atoms with Crippen molar-refractivity contribution in [3.63, 3.8) is 0 Å². The molecule has 2 rings (SSSR count). The van der Waals surface area contributed by atoms with E-state index >= 15 is 0 Å². The van der Waals surface area contributed by atoms with Crippen LogP contribution in [0.1, 0.15) is 18.4 Å². The summed E-state index contributed by atoms with van der Waals surface area (Å²) in [5.74, 6) is 0.473. The van der Waals surface area contributed by atoms with E-state index < -0.39 is 5.60 Å². The molecular weight excluding hydrogens is 320 g/mol. The van der Waals surface area contributed by atoms with Crippen LogP contribution in [0.15, 0.2) is 18.2 Å². The van der Waals surface area contributed by atoms with E-state index in [2.05, 4.69) is 5.32 Å². The van der Waals surface area contributed by atoms with Gasteiger partial charge in [0.15, 0.2) is 11.5 Å². The number of carbonyl (C=O) groups is 1. The fraction of sp³-hybridized carbons (Fsp3) is 0.562. The lowest BCUT2D eigenvalue weighted by atomic mass is 9.90. The molecule has 2 N–H and O–H groups in total. The van der Waals surface area contributed by atoms with E-state index in [-0.39, 0.29) is 24.1 Å². The van der Waals surface area contributed by atoms with Gasteiger partial charge in [-0.25, -0.2) is 0 Å². The highest BCUT2D eigenvalue weighted by molar-refractivity contribution is 5.85. The molecule has 0 atom stereocenters. The molecule has 7 heteroatoms. The zero-order chi connectivity index (χ0) is 16.2. The Morgan fingerprint density at radius 3 is 2.52 bits per heavy atom. The number of nitrogens with one attached hydrogen (secondary N) is 1. The second-order valence-corrected chi connectivity index (χ2v) is 5.62. The molecule has 1 amide bonds. The molecule has 0 aliphatic carbocycles. The second kappa shape index (κ2) is 8.38. The third kappa shape index (κ3) is 4.28. The molecule has 1 heterocycles. The van der Waals surface area contributed by atoms with Crippen LogP contribution in [0.4, 0.5) is 0 Å². The number of carbonyl (C=O) groups excluding carboxylic acids is 1. The predicted octanol–water partition coefficient (Wildman–Crippen LogP) is 1.55. The molecule has 0 unspecified atom stereocenters. The van der Waals surface area contributed by atoms with Gasteiger partial charge in [-0.1, -0.05) is 6.07 Å². The van der Waals surface area contributed by atoms with Crippen LogP contribution in [0.25, 0.3) is 0 Å². The Balaban J connectivity index is 0.00000264. The molecule has 0 radical (unpaired) electrons. The van der Waals surface area contributed by atoms with E-state index in [0.29, 0.717) is 25.1 Å². The quantitative estimate of drug-likeness (QED) is 0.848. The summed E-state index contributed by atoms with van der Waals surface area (Å²) >= 11 is 0. The lowest BCUT2D eigenvalue weighted by molar-refractivity contribution is -0.157. The molecule has 1 aromatic carbocycles.